The van der Waals surface area contributed by atoms with Crippen molar-refractivity contribution in [1.82, 2.24) is 0 Å². The molecule has 0 aliphatic rings. The van der Waals surface area contributed by atoms with E-state index in [4.69, 9.17) is 4.74 Å². The fraction of sp³-hybridized carbons (Fsp3) is 0.0952. The Balaban J connectivity index is 1.52. The maximum absolute atomic E-state index is 13.5. The highest BCUT2D eigenvalue weighted by Crippen LogP contribution is 2.23. The maximum Gasteiger partial charge on any atom is 0.338 e. The summed E-state index contributed by atoms with van der Waals surface area (Å²) in [7, 11) is 0. The summed E-state index contributed by atoms with van der Waals surface area (Å²) >= 11 is 1.31. The van der Waals surface area contributed by atoms with Gasteiger partial charge in [0.1, 0.15) is 18.2 Å². The molecular weight excluding hydrogens is 351 g/mol. The van der Waals surface area contributed by atoms with Crippen LogP contribution in [0.5, 0.6) is 5.75 Å². The number of phenolic OH excluding ortho intramolecular Hbond substituents is 1. The first-order valence-corrected chi connectivity index (χ1v) is 9.06. The van der Waals surface area contributed by atoms with Crippen molar-refractivity contribution in [3.63, 3.8) is 0 Å². The quantitative estimate of drug-likeness (QED) is 0.371. The number of halogens is 1. The zero-order chi connectivity index (χ0) is 18.4. The van der Waals surface area contributed by atoms with Gasteiger partial charge in [-0.25, -0.2) is 9.18 Å². The molecule has 3 aromatic carbocycles. The molecule has 0 unspecified atom stereocenters. The van der Waals surface area contributed by atoms with E-state index in [0.29, 0.717) is 16.2 Å². The first kappa shape index (κ1) is 18.0. The number of carbonyl (C=O) groups is 1. The number of thioether (sulfide) groups is 1. The van der Waals surface area contributed by atoms with E-state index < -0.39 is 5.97 Å². The van der Waals surface area contributed by atoms with Gasteiger partial charge in [0, 0.05) is 10.6 Å². The third-order valence-corrected chi connectivity index (χ3v) is 4.74. The molecule has 0 heterocycles. The first-order valence-electron chi connectivity index (χ1n) is 8.07. The second-order valence-electron chi connectivity index (χ2n) is 5.54. The van der Waals surface area contributed by atoms with Crippen LogP contribution in [0.1, 0.15) is 10.4 Å². The molecule has 0 aromatic heterocycles. The van der Waals surface area contributed by atoms with Gasteiger partial charge in [0.05, 0.1) is 5.56 Å². The van der Waals surface area contributed by atoms with E-state index in [2.05, 4.69) is 0 Å². The molecule has 0 amide bonds. The van der Waals surface area contributed by atoms with Gasteiger partial charge in [-0.1, -0.05) is 36.4 Å². The van der Waals surface area contributed by atoms with Crippen LogP contribution in [0.4, 0.5) is 4.39 Å². The second kappa shape index (κ2) is 8.54. The van der Waals surface area contributed by atoms with Crippen LogP contribution in [0.2, 0.25) is 0 Å². The van der Waals surface area contributed by atoms with Gasteiger partial charge in [0.25, 0.3) is 0 Å². The largest absolute Gasteiger partial charge is 0.508 e. The highest BCUT2D eigenvalue weighted by molar-refractivity contribution is 7.99. The van der Waals surface area contributed by atoms with Crippen molar-refractivity contribution in [2.24, 2.45) is 0 Å². The first-order chi connectivity index (χ1) is 12.6. The molecule has 1 N–H and O–H groups in total. The SMILES string of the molecule is O=C(OCCSc1ccccc1F)c1ccc(-c2ccc(O)cc2)cc1. The summed E-state index contributed by atoms with van der Waals surface area (Å²) in [6.45, 7) is 0.206. The monoisotopic (exact) mass is 368 g/mol. The van der Waals surface area contributed by atoms with Crippen LogP contribution in [0.25, 0.3) is 11.1 Å². The molecule has 0 atom stereocenters. The number of ether oxygens (including phenoxy) is 1. The Morgan fingerprint density at radius 3 is 2.19 bits per heavy atom. The Hall–Kier alpha value is -2.79. The van der Waals surface area contributed by atoms with Gasteiger partial charge in [0.15, 0.2) is 0 Å². The summed E-state index contributed by atoms with van der Waals surface area (Å²) in [6, 6.07) is 20.4. The standard InChI is InChI=1S/C21H17FO3S/c22-19-3-1-2-4-20(19)26-14-13-25-21(24)17-7-5-15(6-8-17)16-9-11-18(23)12-10-16/h1-12,23H,13-14H2. The lowest BCUT2D eigenvalue weighted by molar-refractivity contribution is 0.0530. The number of hydrogen-bond donors (Lipinski definition) is 1. The number of phenols is 1. The number of aromatic hydroxyl groups is 1. The van der Waals surface area contributed by atoms with E-state index in [1.807, 2.05) is 24.3 Å². The predicted octanol–water partition coefficient (Wildman–Crippen LogP) is 5.15. The van der Waals surface area contributed by atoms with Crippen molar-refractivity contribution in [2.75, 3.05) is 12.4 Å². The molecule has 0 saturated heterocycles. The summed E-state index contributed by atoms with van der Waals surface area (Å²) in [5, 5.41) is 9.33. The minimum absolute atomic E-state index is 0.206. The van der Waals surface area contributed by atoms with E-state index in [1.54, 1.807) is 42.5 Å². The summed E-state index contributed by atoms with van der Waals surface area (Å²) in [4.78, 5) is 12.6. The number of carbonyl (C=O) groups excluding carboxylic acids is 1. The highest BCUT2D eigenvalue weighted by Gasteiger charge is 2.08. The molecule has 0 aliphatic carbocycles. The molecule has 0 spiro atoms. The minimum atomic E-state index is -0.406. The average molecular weight is 368 g/mol. The Morgan fingerprint density at radius 1 is 0.923 bits per heavy atom. The molecular formula is C21H17FO3S. The molecule has 3 rings (SSSR count). The summed E-state index contributed by atoms with van der Waals surface area (Å²) in [6.07, 6.45) is 0. The number of esters is 1. The van der Waals surface area contributed by atoms with E-state index in [0.717, 1.165) is 11.1 Å². The Kier molecular flexibility index (Phi) is 5.92. The fourth-order valence-electron chi connectivity index (χ4n) is 2.38. The normalized spacial score (nSPS) is 10.5. The van der Waals surface area contributed by atoms with Crippen LogP contribution in [-0.2, 0) is 4.74 Å². The molecule has 26 heavy (non-hydrogen) atoms. The third-order valence-electron chi connectivity index (χ3n) is 3.73. The fourth-order valence-corrected chi connectivity index (χ4v) is 3.15. The summed E-state index contributed by atoms with van der Waals surface area (Å²) in [5.74, 6) is 0.0189. The van der Waals surface area contributed by atoms with Gasteiger partial charge in [-0.2, -0.15) is 0 Å². The number of benzene rings is 3. The van der Waals surface area contributed by atoms with Crippen LogP contribution >= 0.6 is 11.8 Å². The topological polar surface area (TPSA) is 46.5 Å². The van der Waals surface area contributed by atoms with Crippen molar-refractivity contribution in [3.05, 3.63) is 84.2 Å². The van der Waals surface area contributed by atoms with Gasteiger partial charge in [0.2, 0.25) is 0 Å². The Morgan fingerprint density at radius 2 is 1.54 bits per heavy atom. The van der Waals surface area contributed by atoms with Crippen LogP contribution in [0.15, 0.2) is 77.7 Å². The van der Waals surface area contributed by atoms with Crippen molar-refractivity contribution in [1.29, 1.82) is 0 Å². The van der Waals surface area contributed by atoms with Crippen LogP contribution < -0.4 is 0 Å². The summed E-state index contributed by atoms with van der Waals surface area (Å²) < 4.78 is 18.7. The van der Waals surface area contributed by atoms with Crippen molar-refractivity contribution in [2.45, 2.75) is 4.90 Å². The van der Waals surface area contributed by atoms with E-state index in [-0.39, 0.29) is 18.2 Å². The zero-order valence-corrected chi connectivity index (χ0v) is 14.7. The van der Waals surface area contributed by atoms with Gasteiger partial charge in [-0.05, 0) is 47.5 Å². The van der Waals surface area contributed by atoms with Crippen LogP contribution in [0.3, 0.4) is 0 Å². The molecule has 0 saturated carbocycles. The minimum Gasteiger partial charge on any atom is -0.508 e. The van der Waals surface area contributed by atoms with Crippen molar-refractivity contribution < 1.29 is 19.0 Å². The third kappa shape index (κ3) is 4.64. The zero-order valence-electron chi connectivity index (χ0n) is 13.9. The molecule has 0 radical (unpaired) electrons. The Bertz CT molecular complexity index is 877. The van der Waals surface area contributed by atoms with E-state index >= 15 is 0 Å². The molecule has 0 aliphatic heterocycles. The van der Waals surface area contributed by atoms with Crippen molar-refractivity contribution >= 4 is 17.7 Å². The lowest BCUT2D eigenvalue weighted by Crippen LogP contribution is -2.07. The van der Waals surface area contributed by atoms with Gasteiger partial charge >= 0.3 is 5.97 Å². The lowest BCUT2D eigenvalue weighted by atomic mass is 10.0. The van der Waals surface area contributed by atoms with Gasteiger partial charge in [-0.3, -0.25) is 0 Å². The predicted molar refractivity (Wildman–Crippen MR) is 101 cm³/mol. The van der Waals surface area contributed by atoms with Crippen molar-refractivity contribution in [3.8, 4) is 16.9 Å². The molecule has 0 fully saturated rings. The molecule has 0 bridgehead atoms. The van der Waals surface area contributed by atoms with Gasteiger partial charge < -0.3 is 9.84 Å². The maximum atomic E-state index is 13.5. The van der Waals surface area contributed by atoms with Crippen LogP contribution in [0, 0.1) is 5.82 Å². The molecule has 3 nitrogen and oxygen atoms in total. The molecule has 3 aromatic rings. The highest BCUT2D eigenvalue weighted by atomic mass is 32.2. The van der Waals surface area contributed by atoms with E-state index in [9.17, 15) is 14.3 Å². The van der Waals surface area contributed by atoms with E-state index in [1.165, 1.54) is 17.8 Å². The molecule has 132 valence electrons. The smallest absolute Gasteiger partial charge is 0.338 e. The van der Waals surface area contributed by atoms with Crippen LogP contribution in [-0.4, -0.2) is 23.4 Å². The molecule has 5 heteroatoms. The Labute approximate surface area is 155 Å². The average Bonchev–Trinajstić information content (AvgIpc) is 2.67. The lowest BCUT2D eigenvalue weighted by Gasteiger charge is -2.07. The summed E-state index contributed by atoms with van der Waals surface area (Å²) in [5.41, 5.74) is 2.35. The number of hydrogen-bond acceptors (Lipinski definition) is 4. The number of rotatable bonds is 6. The van der Waals surface area contributed by atoms with Gasteiger partial charge in [-0.15, -0.1) is 11.8 Å². The second-order valence-corrected chi connectivity index (χ2v) is 6.68.